The van der Waals surface area contributed by atoms with Gasteiger partial charge in [-0.2, -0.15) is 0 Å². The molecule has 0 radical (unpaired) electrons. The van der Waals surface area contributed by atoms with Crippen molar-refractivity contribution in [2.75, 3.05) is 12.8 Å². The van der Waals surface area contributed by atoms with Gasteiger partial charge in [-0.1, -0.05) is 0 Å². The molecule has 0 amide bonds. The van der Waals surface area contributed by atoms with Crippen molar-refractivity contribution in [3.8, 4) is 5.75 Å². The quantitative estimate of drug-likeness (QED) is 0.635. The Labute approximate surface area is 82.1 Å². The summed E-state index contributed by atoms with van der Waals surface area (Å²) in [7, 11) is 0. The van der Waals surface area contributed by atoms with Crippen molar-refractivity contribution in [2.45, 2.75) is 10.9 Å². The third-order valence-electron chi connectivity index (χ3n) is 1.87. The van der Waals surface area contributed by atoms with Crippen LogP contribution in [0.2, 0.25) is 0 Å². The number of phenols is 1. The van der Waals surface area contributed by atoms with Crippen LogP contribution in [0.15, 0.2) is 23.1 Å². The highest BCUT2D eigenvalue weighted by Crippen LogP contribution is 2.27. The molecule has 0 aliphatic heterocycles. The summed E-state index contributed by atoms with van der Waals surface area (Å²) in [5.74, 6) is 0.233. The molecule has 13 heavy (non-hydrogen) atoms. The average Bonchev–Trinajstić information content (AvgIpc) is 2.16. The second-order valence-electron chi connectivity index (χ2n) is 2.77. The van der Waals surface area contributed by atoms with E-state index in [-0.39, 0.29) is 11.8 Å². The molecule has 1 rings (SSSR count). The molecule has 0 bridgehead atoms. The zero-order valence-electron chi connectivity index (χ0n) is 7.53. The highest BCUT2D eigenvalue weighted by Gasteiger charge is 2.09. The zero-order valence-corrected chi connectivity index (χ0v) is 8.34. The van der Waals surface area contributed by atoms with Crippen molar-refractivity contribution in [1.82, 2.24) is 0 Å². The monoisotopic (exact) mass is 198 g/mol. The Balaban J connectivity index is 3.07. The molecule has 1 aromatic rings. The highest BCUT2D eigenvalue weighted by atomic mass is 32.2. The predicted octanol–water partition coefficient (Wildman–Crippen LogP) is 1.07. The van der Waals surface area contributed by atoms with Gasteiger partial charge in [0, 0.05) is 17.5 Å². The fraction of sp³-hybridized carbons (Fsp3) is 0.333. The Morgan fingerprint density at radius 1 is 1.54 bits per heavy atom. The Morgan fingerprint density at radius 2 is 2.23 bits per heavy atom. The standard InChI is InChI=1S/C9H14N2OS/c1-13-9-3-2-6(12)4-7(9)8(11)5-10/h2-4,8,12H,5,10-11H2,1H3/t8-/m1/s1. The van der Waals surface area contributed by atoms with E-state index in [1.54, 1.807) is 23.9 Å². The lowest BCUT2D eigenvalue weighted by Crippen LogP contribution is -2.21. The second kappa shape index (κ2) is 4.50. The lowest BCUT2D eigenvalue weighted by Gasteiger charge is -2.13. The molecule has 0 spiro atoms. The summed E-state index contributed by atoms with van der Waals surface area (Å²) >= 11 is 1.60. The number of hydrogen-bond acceptors (Lipinski definition) is 4. The van der Waals surface area contributed by atoms with Gasteiger partial charge in [0.2, 0.25) is 0 Å². The van der Waals surface area contributed by atoms with Crippen LogP contribution in [0.4, 0.5) is 0 Å². The average molecular weight is 198 g/mol. The first kappa shape index (κ1) is 10.4. The molecule has 72 valence electrons. The number of hydrogen-bond donors (Lipinski definition) is 3. The van der Waals surface area contributed by atoms with Crippen LogP contribution in [0.3, 0.4) is 0 Å². The Hall–Kier alpha value is -0.710. The van der Waals surface area contributed by atoms with Gasteiger partial charge in [-0.25, -0.2) is 0 Å². The molecular weight excluding hydrogens is 184 g/mol. The summed E-state index contributed by atoms with van der Waals surface area (Å²) in [5.41, 5.74) is 12.2. The molecule has 0 unspecified atom stereocenters. The van der Waals surface area contributed by atoms with E-state index in [2.05, 4.69) is 0 Å². The van der Waals surface area contributed by atoms with Crippen LogP contribution < -0.4 is 11.5 Å². The molecule has 0 aliphatic rings. The molecule has 0 saturated carbocycles. The molecule has 3 nitrogen and oxygen atoms in total. The first-order valence-electron chi connectivity index (χ1n) is 4.01. The van der Waals surface area contributed by atoms with E-state index in [0.717, 1.165) is 10.5 Å². The van der Waals surface area contributed by atoms with Gasteiger partial charge >= 0.3 is 0 Å². The Bertz CT molecular complexity index is 291. The van der Waals surface area contributed by atoms with E-state index in [0.29, 0.717) is 6.54 Å². The first-order valence-corrected chi connectivity index (χ1v) is 5.24. The summed E-state index contributed by atoms with van der Waals surface area (Å²) in [6.07, 6.45) is 1.97. The van der Waals surface area contributed by atoms with Gasteiger partial charge in [-0.3, -0.25) is 0 Å². The summed E-state index contributed by atoms with van der Waals surface area (Å²) in [6, 6.07) is 4.97. The predicted molar refractivity (Wildman–Crippen MR) is 55.9 cm³/mol. The smallest absolute Gasteiger partial charge is 0.115 e. The normalized spacial score (nSPS) is 12.8. The molecule has 1 aromatic carbocycles. The van der Waals surface area contributed by atoms with Crippen LogP contribution in [-0.2, 0) is 0 Å². The SMILES string of the molecule is CSc1ccc(O)cc1[C@H](N)CN. The van der Waals surface area contributed by atoms with Crippen LogP contribution in [0.25, 0.3) is 0 Å². The molecule has 0 fully saturated rings. The van der Waals surface area contributed by atoms with Crippen LogP contribution in [-0.4, -0.2) is 17.9 Å². The minimum absolute atomic E-state index is 0.199. The zero-order chi connectivity index (χ0) is 9.84. The number of thioether (sulfide) groups is 1. The maximum absolute atomic E-state index is 9.27. The largest absolute Gasteiger partial charge is 0.508 e. The van der Waals surface area contributed by atoms with Crippen LogP contribution in [0.1, 0.15) is 11.6 Å². The van der Waals surface area contributed by atoms with E-state index in [1.807, 2.05) is 12.3 Å². The van der Waals surface area contributed by atoms with E-state index in [9.17, 15) is 5.11 Å². The number of rotatable bonds is 3. The minimum atomic E-state index is -0.199. The molecule has 1 atom stereocenters. The third-order valence-corrected chi connectivity index (χ3v) is 2.68. The fourth-order valence-corrected chi connectivity index (χ4v) is 1.79. The van der Waals surface area contributed by atoms with Gasteiger partial charge in [0.25, 0.3) is 0 Å². The van der Waals surface area contributed by atoms with E-state index < -0.39 is 0 Å². The molecule has 0 aliphatic carbocycles. The highest BCUT2D eigenvalue weighted by molar-refractivity contribution is 7.98. The van der Waals surface area contributed by atoms with Gasteiger partial charge in [-0.05, 0) is 30.0 Å². The first-order chi connectivity index (χ1) is 6.19. The maximum Gasteiger partial charge on any atom is 0.115 e. The van der Waals surface area contributed by atoms with Crippen molar-refractivity contribution >= 4 is 11.8 Å². The van der Waals surface area contributed by atoms with Gasteiger partial charge in [0.1, 0.15) is 5.75 Å². The summed E-state index contributed by atoms with van der Waals surface area (Å²) in [6.45, 7) is 0.386. The molecule has 0 saturated heterocycles. The van der Waals surface area contributed by atoms with E-state index in [1.165, 1.54) is 0 Å². The van der Waals surface area contributed by atoms with Crippen molar-refractivity contribution in [3.05, 3.63) is 23.8 Å². The molecular formula is C9H14N2OS. The molecule has 5 N–H and O–H groups in total. The fourth-order valence-electron chi connectivity index (χ4n) is 1.14. The van der Waals surface area contributed by atoms with Gasteiger partial charge in [0.05, 0.1) is 0 Å². The third kappa shape index (κ3) is 2.37. The van der Waals surface area contributed by atoms with Crippen LogP contribution in [0, 0.1) is 0 Å². The minimum Gasteiger partial charge on any atom is -0.508 e. The van der Waals surface area contributed by atoms with Crippen LogP contribution >= 0.6 is 11.8 Å². The topological polar surface area (TPSA) is 72.3 Å². The van der Waals surface area contributed by atoms with E-state index >= 15 is 0 Å². The second-order valence-corrected chi connectivity index (χ2v) is 3.62. The Morgan fingerprint density at radius 3 is 2.77 bits per heavy atom. The molecule has 0 aromatic heterocycles. The lowest BCUT2D eigenvalue weighted by molar-refractivity contribution is 0.473. The summed E-state index contributed by atoms with van der Waals surface area (Å²) < 4.78 is 0. The number of benzene rings is 1. The van der Waals surface area contributed by atoms with Gasteiger partial charge in [-0.15, -0.1) is 11.8 Å². The van der Waals surface area contributed by atoms with Crippen LogP contribution in [0.5, 0.6) is 5.75 Å². The number of nitrogens with two attached hydrogens (primary N) is 2. The lowest BCUT2D eigenvalue weighted by atomic mass is 10.1. The van der Waals surface area contributed by atoms with E-state index in [4.69, 9.17) is 11.5 Å². The Kier molecular flexibility index (Phi) is 3.59. The van der Waals surface area contributed by atoms with Gasteiger partial charge < -0.3 is 16.6 Å². The van der Waals surface area contributed by atoms with Crippen molar-refractivity contribution in [2.24, 2.45) is 11.5 Å². The summed E-state index contributed by atoms with van der Waals surface area (Å²) in [4.78, 5) is 1.07. The number of phenolic OH excluding ortho intramolecular Hbond substituents is 1. The number of aromatic hydroxyl groups is 1. The maximum atomic E-state index is 9.27. The molecule has 0 heterocycles. The summed E-state index contributed by atoms with van der Waals surface area (Å²) in [5, 5.41) is 9.27. The van der Waals surface area contributed by atoms with Crippen molar-refractivity contribution in [3.63, 3.8) is 0 Å². The molecule has 4 heteroatoms. The van der Waals surface area contributed by atoms with Crippen molar-refractivity contribution < 1.29 is 5.11 Å². The van der Waals surface area contributed by atoms with Gasteiger partial charge in [0.15, 0.2) is 0 Å². The van der Waals surface area contributed by atoms with Crippen molar-refractivity contribution in [1.29, 1.82) is 0 Å².